The highest BCUT2D eigenvalue weighted by atomic mass is 32.3. The normalized spacial score (nSPS) is 24.8. The van der Waals surface area contributed by atoms with E-state index in [1.807, 2.05) is 18.2 Å². The van der Waals surface area contributed by atoms with E-state index in [4.69, 9.17) is 4.74 Å². The van der Waals surface area contributed by atoms with Gasteiger partial charge in [-0.2, -0.15) is 5.26 Å². The Hall–Kier alpha value is -3.19. The maximum atomic E-state index is 13.8. The van der Waals surface area contributed by atoms with E-state index < -0.39 is 22.1 Å². The molecule has 3 aliphatic rings. The van der Waals surface area contributed by atoms with Crippen LogP contribution in [0.2, 0.25) is 0 Å². The fraction of sp³-hybridized carbons (Fsp3) is 0.538. The number of carbonyl (C=O) groups is 3. The summed E-state index contributed by atoms with van der Waals surface area (Å²) in [6.07, 6.45) is 4.13. The molecular formula is C26H33N5O4S. The summed E-state index contributed by atoms with van der Waals surface area (Å²) in [6, 6.07) is 8.18. The molecule has 0 aliphatic carbocycles. The van der Waals surface area contributed by atoms with E-state index in [1.165, 1.54) is 0 Å². The molecule has 192 valence electrons. The monoisotopic (exact) mass is 511 g/mol. The van der Waals surface area contributed by atoms with E-state index in [1.54, 1.807) is 18.1 Å². The lowest BCUT2D eigenvalue weighted by atomic mass is 9.92. The van der Waals surface area contributed by atoms with Crippen LogP contribution in [0.1, 0.15) is 42.6 Å². The number of piperidine rings is 1. The summed E-state index contributed by atoms with van der Waals surface area (Å²) in [5.74, 6) is 3.28. The second-order valence-electron chi connectivity index (χ2n) is 10.1. The molecule has 10 heteroatoms. The zero-order chi connectivity index (χ0) is 25.3. The Bertz CT molecular complexity index is 1210. The van der Waals surface area contributed by atoms with Crippen LogP contribution in [0.5, 0.6) is 5.75 Å². The summed E-state index contributed by atoms with van der Waals surface area (Å²) in [7, 11) is 0.512. The number of rotatable bonds is 6. The minimum Gasteiger partial charge on any atom is -0.496 e. The largest absolute Gasteiger partial charge is 0.496 e. The number of hydrogen-bond donors (Lipinski definition) is 3. The predicted molar refractivity (Wildman–Crippen MR) is 139 cm³/mol. The predicted octanol–water partition coefficient (Wildman–Crippen LogP) is 2.48. The van der Waals surface area contributed by atoms with Gasteiger partial charge in [0.05, 0.1) is 19.1 Å². The van der Waals surface area contributed by atoms with Crippen LogP contribution < -0.4 is 15.4 Å². The number of aromatic nitrogens is 1. The van der Waals surface area contributed by atoms with Gasteiger partial charge in [-0.1, -0.05) is 6.07 Å². The molecule has 3 amide bonds. The highest BCUT2D eigenvalue weighted by Crippen LogP contribution is 2.59. The maximum Gasteiger partial charge on any atom is 0.271 e. The lowest BCUT2D eigenvalue weighted by molar-refractivity contribution is -0.128. The van der Waals surface area contributed by atoms with Crippen molar-refractivity contribution in [2.75, 3.05) is 36.8 Å². The first-order chi connectivity index (χ1) is 17.4. The summed E-state index contributed by atoms with van der Waals surface area (Å²) in [4.78, 5) is 44.4. The first-order valence-corrected chi connectivity index (χ1v) is 14.9. The molecule has 4 heterocycles. The summed E-state index contributed by atoms with van der Waals surface area (Å²) in [6.45, 7) is 0.655. The number of benzene rings is 1. The molecule has 0 saturated carbocycles. The van der Waals surface area contributed by atoms with Crippen LogP contribution in [-0.2, 0) is 9.59 Å². The van der Waals surface area contributed by atoms with Gasteiger partial charge in [-0.15, -0.1) is 0 Å². The Labute approximate surface area is 212 Å². The van der Waals surface area contributed by atoms with E-state index >= 15 is 0 Å². The third-order valence-electron chi connectivity index (χ3n) is 7.74. The van der Waals surface area contributed by atoms with Gasteiger partial charge in [-0.25, -0.2) is 10.0 Å². The second-order valence-corrected chi connectivity index (χ2v) is 13.9. The quantitative estimate of drug-likeness (QED) is 0.549. The fourth-order valence-electron chi connectivity index (χ4n) is 5.83. The highest BCUT2D eigenvalue weighted by molar-refractivity contribution is 8.34. The Morgan fingerprint density at radius 3 is 2.83 bits per heavy atom. The zero-order valence-corrected chi connectivity index (χ0v) is 21.4. The first-order valence-electron chi connectivity index (χ1n) is 12.6. The summed E-state index contributed by atoms with van der Waals surface area (Å²) in [5, 5.41) is 16.3. The average Bonchev–Trinajstić information content (AvgIpc) is 3.63. The SMILES string of the molecule is COc1cccc2[nH]c(C(=O)N3CS4(CCCC4)CC3C(=O)N[C@H](C#N)C[C@@H]3CCCNC3=O)cc12. The number of amides is 3. The van der Waals surface area contributed by atoms with Crippen LogP contribution in [0.15, 0.2) is 24.3 Å². The van der Waals surface area contributed by atoms with Crippen molar-refractivity contribution in [3.8, 4) is 11.8 Å². The van der Waals surface area contributed by atoms with Gasteiger partial charge in [-0.3, -0.25) is 14.4 Å². The molecule has 9 nitrogen and oxygen atoms in total. The van der Waals surface area contributed by atoms with Crippen LogP contribution in [0, 0.1) is 17.2 Å². The Morgan fingerprint density at radius 2 is 2.11 bits per heavy atom. The number of ether oxygens (including phenoxy) is 1. The number of hydrogen-bond acceptors (Lipinski definition) is 5. The maximum absolute atomic E-state index is 13.8. The number of carbonyl (C=O) groups excluding carboxylic acids is 3. The number of fused-ring (bicyclic) bond motifs is 1. The van der Waals surface area contributed by atoms with Gasteiger partial charge < -0.3 is 25.3 Å². The van der Waals surface area contributed by atoms with Crippen molar-refractivity contribution in [1.82, 2.24) is 20.5 Å². The average molecular weight is 512 g/mol. The van der Waals surface area contributed by atoms with Gasteiger partial charge in [0, 0.05) is 29.1 Å². The zero-order valence-electron chi connectivity index (χ0n) is 20.5. The molecule has 1 unspecified atom stereocenters. The molecule has 0 radical (unpaired) electrons. The van der Waals surface area contributed by atoms with Crippen molar-refractivity contribution >= 4 is 38.7 Å². The third-order valence-corrected chi connectivity index (χ3v) is 11.9. The number of nitrogens with one attached hydrogen (secondary N) is 3. The van der Waals surface area contributed by atoms with Crippen LogP contribution in [0.3, 0.4) is 0 Å². The number of H-pyrrole nitrogens is 1. The summed E-state index contributed by atoms with van der Waals surface area (Å²) >= 11 is 0. The van der Waals surface area contributed by atoms with Gasteiger partial charge in [0.25, 0.3) is 5.91 Å². The first kappa shape index (κ1) is 24.5. The van der Waals surface area contributed by atoms with Crippen molar-refractivity contribution in [3.63, 3.8) is 0 Å². The molecule has 3 atom stereocenters. The van der Waals surface area contributed by atoms with Gasteiger partial charge in [-0.05, 0) is 61.8 Å². The molecule has 36 heavy (non-hydrogen) atoms. The molecule has 1 aromatic heterocycles. The van der Waals surface area contributed by atoms with E-state index in [2.05, 4.69) is 21.7 Å². The van der Waals surface area contributed by atoms with E-state index in [0.717, 1.165) is 41.7 Å². The Balaban J connectivity index is 1.37. The molecular weight excluding hydrogens is 478 g/mol. The van der Waals surface area contributed by atoms with E-state index in [-0.39, 0.29) is 30.1 Å². The number of nitriles is 1. The number of methoxy groups -OCH3 is 1. The van der Waals surface area contributed by atoms with Crippen LogP contribution in [0.25, 0.3) is 10.9 Å². The number of nitrogens with zero attached hydrogens (tertiary/aromatic N) is 2. The molecule has 3 saturated heterocycles. The van der Waals surface area contributed by atoms with Crippen molar-refractivity contribution in [2.45, 2.75) is 44.2 Å². The Kier molecular flexibility index (Phi) is 6.84. The molecule has 3 fully saturated rings. The van der Waals surface area contributed by atoms with Crippen molar-refractivity contribution in [2.24, 2.45) is 5.92 Å². The lowest BCUT2D eigenvalue weighted by Crippen LogP contribution is -2.50. The van der Waals surface area contributed by atoms with Crippen LogP contribution in [-0.4, -0.2) is 76.5 Å². The summed E-state index contributed by atoms with van der Waals surface area (Å²) < 4.78 is 5.44. The second kappa shape index (κ2) is 10.1. The Morgan fingerprint density at radius 1 is 1.31 bits per heavy atom. The fourth-order valence-corrected chi connectivity index (χ4v) is 10.2. The highest BCUT2D eigenvalue weighted by Gasteiger charge is 2.47. The van der Waals surface area contributed by atoms with E-state index in [9.17, 15) is 19.6 Å². The summed E-state index contributed by atoms with van der Waals surface area (Å²) in [5.41, 5.74) is 1.23. The van der Waals surface area contributed by atoms with E-state index in [0.29, 0.717) is 36.0 Å². The van der Waals surface area contributed by atoms with Crippen molar-refractivity contribution in [3.05, 3.63) is 30.0 Å². The van der Waals surface area contributed by atoms with Gasteiger partial charge in [0.1, 0.15) is 23.5 Å². The molecule has 2 aromatic rings. The smallest absolute Gasteiger partial charge is 0.271 e. The molecule has 5 rings (SSSR count). The van der Waals surface area contributed by atoms with Crippen molar-refractivity contribution in [1.29, 1.82) is 5.26 Å². The lowest BCUT2D eigenvalue weighted by Gasteiger charge is -2.29. The van der Waals surface area contributed by atoms with Gasteiger partial charge in [0.15, 0.2) is 0 Å². The standard InChI is InChI=1S/C26H33N5O4S/c1-35-23-8-4-7-20-19(23)13-21(30-20)26(34)31-16-36(10-2-3-11-36)15-22(31)25(33)29-18(14-27)12-17-6-5-9-28-24(17)32/h4,7-8,13,17-18,22,30H,2-3,5-6,9-12,15-16H2,1H3,(H,28,32)(H,29,33)/t17-,18-,22?/m0/s1. The molecule has 1 aromatic carbocycles. The van der Waals surface area contributed by atoms with Crippen LogP contribution in [0.4, 0.5) is 0 Å². The van der Waals surface area contributed by atoms with Gasteiger partial charge >= 0.3 is 0 Å². The number of aromatic amines is 1. The van der Waals surface area contributed by atoms with Crippen molar-refractivity contribution < 1.29 is 19.1 Å². The minimum absolute atomic E-state index is 0.0583. The topological polar surface area (TPSA) is 127 Å². The molecule has 0 bridgehead atoms. The minimum atomic E-state index is -1.09. The third kappa shape index (κ3) is 4.64. The molecule has 1 spiro atoms. The van der Waals surface area contributed by atoms with Crippen LogP contribution >= 0.6 is 10.0 Å². The van der Waals surface area contributed by atoms with Gasteiger partial charge in [0.2, 0.25) is 11.8 Å². The molecule has 3 aliphatic heterocycles. The molecule has 3 N–H and O–H groups in total.